The van der Waals surface area contributed by atoms with E-state index in [1.807, 2.05) is 13.8 Å². The molecule has 0 spiro atoms. The Morgan fingerprint density at radius 2 is 1.79 bits per heavy atom. The first-order chi connectivity index (χ1) is 6.85. The highest BCUT2D eigenvalue weighted by molar-refractivity contribution is 6.44. The Morgan fingerprint density at radius 3 is 2.29 bits per heavy atom. The van der Waals surface area contributed by atoms with Gasteiger partial charge in [0, 0.05) is 19.9 Å². The lowest BCUT2D eigenvalue weighted by molar-refractivity contribution is 0.212. The van der Waals surface area contributed by atoms with Crippen molar-refractivity contribution in [3.8, 4) is 0 Å². The van der Waals surface area contributed by atoms with E-state index >= 15 is 0 Å². The molecule has 0 saturated heterocycles. The molecule has 0 aliphatic carbocycles. The van der Waals surface area contributed by atoms with Crippen LogP contribution in [0.4, 0.5) is 0 Å². The summed E-state index contributed by atoms with van der Waals surface area (Å²) >= 11 is 0. The molecular formula is C9H24N2O2Si. The van der Waals surface area contributed by atoms with E-state index in [1.54, 1.807) is 0 Å². The zero-order valence-electron chi connectivity index (χ0n) is 9.42. The van der Waals surface area contributed by atoms with E-state index in [1.165, 1.54) is 6.42 Å². The highest BCUT2D eigenvalue weighted by atomic mass is 28.3. The van der Waals surface area contributed by atoms with Crippen molar-refractivity contribution < 1.29 is 8.85 Å². The summed E-state index contributed by atoms with van der Waals surface area (Å²) in [5.41, 5.74) is 5.31. The van der Waals surface area contributed by atoms with Gasteiger partial charge in [-0.05, 0) is 32.9 Å². The molecule has 0 rings (SSSR count). The smallest absolute Gasteiger partial charge is 0.321 e. The van der Waals surface area contributed by atoms with E-state index in [0.717, 1.165) is 32.2 Å². The molecule has 0 aliphatic heterocycles. The lowest BCUT2D eigenvalue weighted by Crippen LogP contribution is -2.25. The van der Waals surface area contributed by atoms with Crippen LogP contribution in [0.2, 0.25) is 6.04 Å². The largest absolute Gasteiger partial charge is 0.397 e. The molecule has 0 atom stereocenters. The minimum atomic E-state index is -1.34. The van der Waals surface area contributed by atoms with Gasteiger partial charge in [-0.2, -0.15) is 0 Å². The summed E-state index contributed by atoms with van der Waals surface area (Å²) in [7, 11) is -1.34. The molecule has 14 heavy (non-hydrogen) atoms. The molecule has 0 aromatic heterocycles. The highest BCUT2D eigenvalue weighted by Crippen LogP contribution is 2.03. The molecule has 0 aromatic rings. The first kappa shape index (κ1) is 14.1. The second-order valence-corrected chi connectivity index (χ2v) is 5.14. The summed E-state index contributed by atoms with van der Waals surface area (Å²) in [6, 6.07) is 1.11. The first-order valence-corrected chi connectivity index (χ1v) is 7.25. The van der Waals surface area contributed by atoms with Crippen molar-refractivity contribution in [1.82, 2.24) is 5.32 Å². The molecule has 0 aliphatic rings. The fraction of sp³-hybridized carbons (Fsp3) is 1.00. The predicted octanol–water partition coefficient (Wildman–Crippen LogP) is 0.566. The first-order valence-electron chi connectivity index (χ1n) is 5.49. The van der Waals surface area contributed by atoms with Gasteiger partial charge in [0.2, 0.25) is 0 Å². The van der Waals surface area contributed by atoms with Gasteiger partial charge in [0.05, 0.1) is 0 Å². The molecular weight excluding hydrogens is 196 g/mol. The van der Waals surface area contributed by atoms with E-state index in [0.29, 0.717) is 6.67 Å². The van der Waals surface area contributed by atoms with Crippen LogP contribution >= 0.6 is 0 Å². The molecule has 0 heterocycles. The molecule has 0 bridgehead atoms. The molecule has 0 unspecified atom stereocenters. The maximum Gasteiger partial charge on any atom is 0.321 e. The molecule has 0 aromatic carbocycles. The van der Waals surface area contributed by atoms with Gasteiger partial charge < -0.3 is 19.9 Å². The van der Waals surface area contributed by atoms with E-state index in [9.17, 15) is 0 Å². The molecule has 0 radical (unpaired) electrons. The Kier molecular flexibility index (Phi) is 11.2. The Hall–Kier alpha value is 0.0569. The zero-order valence-corrected chi connectivity index (χ0v) is 10.6. The molecule has 3 N–H and O–H groups in total. The van der Waals surface area contributed by atoms with Crippen LogP contribution < -0.4 is 11.1 Å². The Bertz CT molecular complexity index is 111. The van der Waals surface area contributed by atoms with E-state index in [2.05, 4.69) is 5.32 Å². The third-order valence-electron chi connectivity index (χ3n) is 1.89. The van der Waals surface area contributed by atoms with Crippen LogP contribution in [-0.4, -0.2) is 35.7 Å². The van der Waals surface area contributed by atoms with Crippen molar-refractivity contribution in [2.24, 2.45) is 5.73 Å². The molecule has 4 nitrogen and oxygen atoms in total. The monoisotopic (exact) mass is 220 g/mol. The Morgan fingerprint density at radius 1 is 1.14 bits per heavy atom. The Balaban J connectivity index is 3.30. The molecule has 0 fully saturated rings. The average molecular weight is 220 g/mol. The predicted molar refractivity (Wildman–Crippen MR) is 61.5 cm³/mol. The highest BCUT2D eigenvalue weighted by Gasteiger charge is 2.10. The second-order valence-electron chi connectivity index (χ2n) is 3.04. The number of rotatable bonds is 10. The molecule has 5 heteroatoms. The van der Waals surface area contributed by atoms with Crippen molar-refractivity contribution >= 4 is 9.28 Å². The zero-order chi connectivity index (χ0) is 10.6. The minimum absolute atomic E-state index is 0.567. The van der Waals surface area contributed by atoms with Gasteiger partial charge in [-0.3, -0.25) is 0 Å². The van der Waals surface area contributed by atoms with Gasteiger partial charge in [-0.25, -0.2) is 0 Å². The Labute approximate surface area is 89.0 Å². The normalized spacial score (nSPS) is 11.1. The third kappa shape index (κ3) is 8.65. The lowest BCUT2D eigenvalue weighted by Gasteiger charge is -2.14. The van der Waals surface area contributed by atoms with Crippen LogP contribution in [0.5, 0.6) is 0 Å². The van der Waals surface area contributed by atoms with Gasteiger partial charge in [0.1, 0.15) is 0 Å². The number of hydrogen-bond acceptors (Lipinski definition) is 4. The van der Waals surface area contributed by atoms with Gasteiger partial charge in [-0.15, -0.1) is 0 Å². The molecule has 0 amide bonds. The number of unbranched alkanes of at least 4 members (excludes halogenated alkanes) is 1. The van der Waals surface area contributed by atoms with Gasteiger partial charge in [-0.1, -0.05) is 6.42 Å². The van der Waals surface area contributed by atoms with Crippen LogP contribution in [0.25, 0.3) is 0 Å². The quantitative estimate of drug-likeness (QED) is 0.321. The van der Waals surface area contributed by atoms with E-state index in [4.69, 9.17) is 14.6 Å². The number of nitrogens with two attached hydrogens (primary N) is 1. The average Bonchev–Trinajstić information content (AvgIpc) is 2.18. The van der Waals surface area contributed by atoms with Crippen molar-refractivity contribution in [3.63, 3.8) is 0 Å². The summed E-state index contributed by atoms with van der Waals surface area (Å²) in [5.74, 6) is 0. The molecule has 86 valence electrons. The van der Waals surface area contributed by atoms with Crippen LogP contribution in [0, 0.1) is 0 Å². The van der Waals surface area contributed by atoms with Gasteiger partial charge >= 0.3 is 9.28 Å². The standard InChI is InChI=1S/C9H24N2O2Si/c1-3-12-14(13-4-2)8-6-5-7-11-9-10/h11,14H,3-10H2,1-2H3. The summed E-state index contributed by atoms with van der Waals surface area (Å²) in [5, 5.41) is 3.10. The number of nitrogens with one attached hydrogen (secondary N) is 1. The van der Waals surface area contributed by atoms with Gasteiger partial charge in [0.15, 0.2) is 0 Å². The van der Waals surface area contributed by atoms with Gasteiger partial charge in [0.25, 0.3) is 0 Å². The van der Waals surface area contributed by atoms with Crippen LogP contribution in [0.1, 0.15) is 26.7 Å². The van der Waals surface area contributed by atoms with E-state index in [-0.39, 0.29) is 0 Å². The topological polar surface area (TPSA) is 56.5 Å². The summed E-state index contributed by atoms with van der Waals surface area (Å²) in [6.07, 6.45) is 2.32. The van der Waals surface area contributed by atoms with Crippen molar-refractivity contribution in [1.29, 1.82) is 0 Å². The minimum Gasteiger partial charge on any atom is -0.397 e. The van der Waals surface area contributed by atoms with Crippen molar-refractivity contribution in [3.05, 3.63) is 0 Å². The third-order valence-corrected chi connectivity index (χ3v) is 4.18. The van der Waals surface area contributed by atoms with Crippen LogP contribution in [0.3, 0.4) is 0 Å². The van der Waals surface area contributed by atoms with Crippen molar-refractivity contribution in [2.45, 2.75) is 32.7 Å². The van der Waals surface area contributed by atoms with Crippen LogP contribution in [0.15, 0.2) is 0 Å². The van der Waals surface area contributed by atoms with Crippen LogP contribution in [-0.2, 0) is 8.85 Å². The number of hydrogen-bond donors (Lipinski definition) is 2. The maximum absolute atomic E-state index is 5.56. The molecule has 0 saturated carbocycles. The fourth-order valence-electron chi connectivity index (χ4n) is 1.25. The summed E-state index contributed by atoms with van der Waals surface area (Å²) in [6.45, 7) is 7.16. The maximum atomic E-state index is 5.56. The SMILES string of the molecule is CCO[SiH](CCCCNCN)OCC. The fourth-order valence-corrected chi connectivity index (χ4v) is 3.04. The second kappa shape index (κ2) is 11.1. The van der Waals surface area contributed by atoms with Crippen molar-refractivity contribution in [2.75, 3.05) is 26.4 Å². The lowest BCUT2D eigenvalue weighted by atomic mass is 10.3. The summed E-state index contributed by atoms with van der Waals surface area (Å²) < 4.78 is 11.1. The van der Waals surface area contributed by atoms with E-state index < -0.39 is 9.28 Å². The summed E-state index contributed by atoms with van der Waals surface area (Å²) in [4.78, 5) is 0.